The molecule has 1 aromatic carbocycles. The summed E-state index contributed by atoms with van der Waals surface area (Å²) in [5, 5.41) is 18.1. The maximum Gasteiger partial charge on any atom is 0.335 e. The van der Waals surface area contributed by atoms with Gasteiger partial charge < -0.3 is 10.2 Å². The lowest BCUT2D eigenvalue weighted by atomic mass is 10.0. The number of aromatic hydroxyl groups is 1. The van der Waals surface area contributed by atoms with E-state index in [2.05, 4.69) is 4.98 Å². The molecule has 4 heteroatoms. The van der Waals surface area contributed by atoms with Gasteiger partial charge in [-0.05, 0) is 23.8 Å². The van der Waals surface area contributed by atoms with E-state index in [-0.39, 0.29) is 11.3 Å². The predicted octanol–water partition coefficient (Wildman–Crippen LogP) is 2.15. The fourth-order valence-corrected chi connectivity index (χ4v) is 1.42. The molecule has 0 atom stereocenters. The van der Waals surface area contributed by atoms with E-state index < -0.39 is 5.97 Å². The van der Waals surface area contributed by atoms with Crippen LogP contribution in [0.5, 0.6) is 5.75 Å². The first-order chi connectivity index (χ1) is 7.66. The molecule has 0 bridgehead atoms. The molecule has 0 unspecified atom stereocenters. The van der Waals surface area contributed by atoms with Gasteiger partial charge in [-0.3, -0.25) is 4.98 Å². The molecule has 0 aliphatic carbocycles. The van der Waals surface area contributed by atoms with E-state index in [0.29, 0.717) is 11.1 Å². The number of rotatable bonds is 2. The number of pyridine rings is 1. The highest BCUT2D eigenvalue weighted by Crippen LogP contribution is 2.22. The lowest BCUT2D eigenvalue weighted by Gasteiger charge is -2.02. The van der Waals surface area contributed by atoms with Gasteiger partial charge in [-0.2, -0.15) is 0 Å². The van der Waals surface area contributed by atoms with E-state index in [1.807, 2.05) is 0 Å². The average molecular weight is 215 g/mol. The van der Waals surface area contributed by atoms with Crippen LogP contribution in [0.1, 0.15) is 10.4 Å². The number of nitrogens with zero attached hydrogens (tertiary/aromatic N) is 1. The van der Waals surface area contributed by atoms with Crippen LogP contribution in [-0.2, 0) is 0 Å². The summed E-state index contributed by atoms with van der Waals surface area (Å²) in [7, 11) is 0. The van der Waals surface area contributed by atoms with Crippen molar-refractivity contribution in [3.8, 4) is 16.9 Å². The normalized spacial score (nSPS) is 10.0. The Hall–Kier alpha value is -2.36. The Morgan fingerprint density at radius 2 is 1.94 bits per heavy atom. The second kappa shape index (κ2) is 4.02. The van der Waals surface area contributed by atoms with Crippen LogP contribution in [0, 0.1) is 0 Å². The summed E-state index contributed by atoms with van der Waals surface area (Å²) >= 11 is 0. The van der Waals surface area contributed by atoms with Crippen molar-refractivity contribution in [1.29, 1.82) is 0 Å². The third-order valence-electron chi connectivity index (χ3n) is 2.17. The maximum atomic E-state index is 10.8. The van der Waals surface area contributed by atoms with Crippen molar-refractivity contribution in [3.05, 3.63) is 48.3 Å². The fourth-order valence-electron chi connectivity index (χ4n) is 1.42. The molecule has 1 aromatic heterocycles. The number of aromatic carboxylic acids is 1. The monoisotopic (exact) mass is 215 g/mol. The Morgan fingerprint density at radius 1 is 1.12 bits per heavy atom. The number of carbonyl (C=O) groups is 1. The van der Waals surface area contributed by atoms with Gasteiger partial charge in [-0.25, -0.2) is 4.79 Å². The highest BCUT2D eigenvalue weighted by molar-refractivity contribution is 5.89. The molecule has 1 heterocycles. The minimum Gasteiger partial charge on any atom is -0.506 e. The van der Waals surface area contributed by atoms with Gasteiger partial charge in [0.2, 0.25) is 0 Å². The number of carboxylic acid groups (broad SMARTS) is 1. The summed E-state index contributed by atoms with van der Waals surface area (Å²) in [5.74, 6) is -0.923. The SMILES string of the molecule is O=C(O)c1cccc(-c2cncc(O)c2)c1. The molecule has 2 N–H and O–H groups in total. The Bertz CT molecular complexity index is 537. The van der Waals surface area contributed by atoms with Crippen molar-refractivity contribution >= 4 is 5.97 Å². The number of benzene rings is 1. The van der Waals surface area contributed by atoms with E-state index in [1.54, 1.807) is 24.4 Å². The minimum atomic E-state index is -0.977. The molecular formula is C12H9NO3. The van der Waals surface area contributed by atoms with Crippen LogP contribution in [0.4, 0.5) is 0 Å². The van der Waals surface area contributed by atoms with Gasteiger partial charge in [0.05, 0.1) is 11.8 Å². The lowest BCUT2D eigenvalue weighted by Crippen LogP contribution is -1.95. The van der Waals surface area contributed by atoms with E-state index in [4.69, 9.17) is 5.11 Å². The van der Waals surface area contributed by atoms with E-state index in [1.165, 1.54) is 18.3 Å². The summed E-state index contributed by atoms with van der Waals surface area (Å²) in [6.07, 6.45) is 2.89. The molecule has 0 amide bonds. The van der Waals surface area contributed by atoms with Crippen LogP contribution in [0.25, 0.3) is 11.1 Å². The van der Waals surface area contributed by atoms with Crippen LogP contribution >= 0.6 is 0 Å². The number of hydrogen-bond donors (Lipinski definition) is 2. The zero-order valence-electron chi connectivity index (χ0n) is 8.29. The molecule has 0 aliphatic heterocycles. The van der Waals surface area contributed by atoms with Gasteiger partial charge >= 0.3 is 5.97 Å². The zero-order valence-corrected chi connectivity index (χ0v) is 8.29. The first kappa shape index (κ1) is 10.2. The third kappa shape index (κ3) is 2.00. The molecule has 0 radical (unpaired) electrons. The Labute approximate surface area is 91.8 Å². The topological polar surface area (TPSA) is 70.4 Å². The molecule has 2 rings (SSSR count). The molecule has 4 nitrogen and oxygen atoms in total. The van der Waals surface area contributed by atoms with E-state index in [0.717, 1.165) is 0 Å². The molecule has 0 saturated carbocycles. The van der Waals surface area contributed by atoms with Gasteiger partial charge in [-0.1, -0.05) is 12.1 Å². The van der Waals surface area contributed by atoms with Gasteiger partial charge in [0.25, 0.3) is 0 Å². The van der Waals surface area contributed by atoms with Crippen molar-refractivity contribution < 1.29 is 15.0 Å². The van der Waals surface area contributed by atoms with E-state index in [9.17, 15) is 9.90 Å². The fraction of sp³-hybridized carbons (Fsp3) is 0. The van der Waals surface area contributed by atoms with Crippen molar-refractivity contribution in [2.75, 3.05) is 0 Å². The average Bonchev–Trinajstić information content (AvgIpc) is 2.29. The van der Waals surface area contributed by atoms with Crippen molar-refractivity contribution in [1.82, 2.24) is 4.98 Å². The predicted molar refractivity (Wildman–Crippen MR) is 58.3 cm³/mol. The van der Waals surface area contributed by atoms with Crippen LogP contribution in [0.3, 0.4) is 0 Å². The van der Waals surface area contributed by atoms with Crippen LogP contribution in [0.15, 0.2) is 42.7 Å². The summed E-state index contributed by atoms with van der Waals surface area (Å²) in [6, 6.07) is 8.01. The summed E-state index contributed by atoms with van der Waals surface area (Å²) in [6.45, 7) is 0. The van der Waals surface area contributed by atoms with Crippen LogP contribution in [0.2, 0.25) is 0 Å². The van der Waals surface area contributed by atoms with Gasteiger partial charge in [0, 0.05) is 11.8 Å². The standard InChI is InChI=1S/C12H9NO3/c14-11-5-10(6-13-7-11)8-2-1-3-9(4-8)12(15)16/h1-7,14H,(H,15,16). The minimum absolute atomic E-state index is 0.0539. The smallest absolute Gasteiger partial charge is 0.335 e. The van der Waals surface area contributed by atoms with Gasteiger partial charge in [0.1, 0.15) is 5.75 Å². The summed E-state index contributed by atoms with van der Waals surface area (Å²) in [4.78, 5) is 14.6. The zero-order chi connectivity index (χ0) is 11.5. The highest BCUT2D eigenvalue weighted by Gasteiger charge is 2.05. The van der Waals surface area contributed by atoms with Crippen molar-refractivity contribution in [3.63, 3.8) is 0 Å². The van der Waals surface area contributed by atoms with Gasteiger partial charge in [0.15, 0.2) is 0 Å². The van der Waals surface area contributed by atoms with Crippen molar-refractivity contribution in [2.24, 2.45) is 0 Å². The molecule has 0 saturated heterocycles. The van der Waals surface area contributed by atoms with Crippen LogP contribution in [-0.4, -0.2) is 21.2 Å². The first-order valence-corrected chi connectivity index (χ1v) is 4.64. The molecule has 80 valence electrons. The first-order valence-electron chi connectivity index (χ1n) is 4.64. The second-order valence-corrected chi connectivity index (χ2v) is 3.32. The Balaban J connectivity index is 2.48. The number of aromatic nitrogens is 1. The molecule has 0 fully saturated rings. The molecule has 0 spiro atoms. The number of hydrogen-bond acceptors (Lipinski definition) is 3. The summed E-state index contributed by atoms with van der Waals surface area (Å²) in [5.41, 5.74) is 1.60. The van der Waals surface area contributed by atoms with Gasteiger partial charge in [-0.15, -0.1) is 0 Å². The third-order valence-corrected chi connectivity index (χ3v) is 2.17. The Kier molecular flexibility index (Phi) is 2.55. The molecule has 16 heavy (non-hydrogen) atoms. The van der Waals surface area contributed by atoms with Crippen LogP contribution < -0.4 is 0 Å². The van der Waals surface area contributed by atoms with Crippen molar-refractivity contribution in [2.45, 2.75) is 0 Å². The molecule has 2 aromatic rings. The number of carboxylic acids is 1. The molecular weight excluding hydrogens is 206 g/mol. The highest BCUT2D eigenvalue weighted by atomic mass is 16.4. The second-order valence-electron chi connectivity index (χ2n) is 3.32. The largest absolute Gasteiger partial charge is 0.506 e. The molecule has 0 aliphatic rings. The quantitative estimate of drug-likeness (QED) is 0.805. The Morgan fingerprint density at radius 3 is 2.62 bits per heavy atom. The lowest BCUT2D eigenvalue weighted by molar-refractivity contribution is 0.0697. The summed E-state index contributed by atoms with van der Waals surface area (Å²) < 4.78 is 0. The van der Waals surface area contributed by atoms with E-state index >= 15 is 0 Å². The maximum absolute atomic E-state index is 10.8.